The second-order valence-corrected chi connectivity index (χ2v) is 7.35. The molecule has 0 radical (unpaired) electrons. The summed E-state index contributed by atoms with van der Waals surface area (Å²) in [6.07, 6.45) is 0. The van der Waals surface area contributed by atoms with E-state index in [1.54, 1.807) is 11.9 Å². The summed E-state index contributed by atoms with van der Waals surface area (Å²) in [6, 6.07) is 11.5. The topological polar surface area (TPSA) is 32.3 Å². The van der Waals surface area contributed by atoms with E-state index in [0.717, 1.165) is 14.8 Å². The van der Waals surface area contributed by atoms with E-state index in [2.05, 4.69) is 5.32 Å². The smallest absolute Gasteiger partial charge is 0.236 e. The van der Waals surface area contributed by atoms with Crippen LogP contribution in [0.5, 0.6) is 0 Å². The van der Waals surface area contributed by atoms with Crippen molar-refractivity contribution in [3.63, 3.8) is 0 Å². The summed E-state index contributed by atoms with van der Waals surface area (Å²) in [5, 5.41) is 3.92. The Labute approximate surface area is 144 Å². The quantitative estimate of drug-likeness (QED) is 0.833. The van der Waals surface area contributed by atoms with Gasteiger partial charge in [-0.15, -0.1) is 11.3 Å². The highest BCUT2D eigenvalue weighted by Gasteiger charge is 2.13. The summed E-state index contributed by atoms with van der Waals surface area (Å²) < 4.78 is 0.739. The maximum absolute atomic E-state index is 12.2. The molecule has 1 unspecified atom stereocenters. The van der Waals surface area contributed by atoms with Crippen LogP contribution in [0.25, 0.3) is 0 Å². The predicted octanol–water partition coefficient (Wildman–Crippen LogP) is 4.36. The average molecular weight is 357 g/mol. The molecule has 1 atom stereocenters. The van der Waals surface area contributed by atoms with Gasteiger partial charge in [0.05, 0.1) is 17.4 Å². The molecule has 0 bridgehead atoms. The third-order valence-corrected chi connectivity index (χ3v) is 4.81. The molecule has 0 aliphatic heterocycles. The van der Waals surface area contributed by atoms with E-state index >= 15 is 0 Å². The number of hydrogen-bond donors (Lipinski definition) is 1. The number of carbonyl (C=O) groups is 1. The molecule has 3 nitrogen and oxygen atoms in total. The molecule has 0 saturated carbocycles. The van der Waals surface area contributed by atoms with E-state index in [4.69, 9.17) is 23.2 Å². The molecule has 0 fully saturated rings. The molecule has 0 aliphatic rings. The molecule has 1 N–H and O–H groups in total. The van der Waals surface area contributed by atoms with Gasteiger partial charge >= 0.3 is 0 Å². The van der Waals surface area contributed by atoms with Crippen LogP contribution in [0.15, 0.2) is 36.4 Å². The highest BCUT2D eigenvalue weighted by molar-refractivity contribution is 7.16. The van der Waals surface area contributed by atoms with E-state index in [0.29, 0.717) is 11.6 Å². The third kappa shape index (κ3) is 4.99. The van der Waals surface area contributed by atoms with Gasteiger partial charge in [0.25, 0.3) is 0 Å². The van der Waals surface area contributed by atoms with Crippen LogP contribution in [0, 0.1) is 0 Å². The Hall–Kier alpha value is -1.07. The molecular formula is C16H18Cl2N2OS. The van der Waals surface area contributed by atoms with E-state index in [1.807, 2.05) is 43.3 Å². The Morgan fingerprint density at radius 2 is 2.09 bits per heavy atom. The van der Waals surface area contributed by atoms with Crippen molar-refractivity contribution < 1.29 is 4.79 Å². The van der Waals surface area contributed by atoms with E-state index in [-0.39, 0.29) is 18.5 Å². The normalized spacial score (nSPS) is 12.2. The number of nitrogens with zero attached hydrogens (tertiary/aromatic N) is 1. The molecule has 0 aliphatic carbocycles. The van der Waals surface area contributed by atoms with Gasteiger partial charge in [-0.3, -0.25) is 4.79 Å². The number of benzene rings is 1. The van der Waals surface area contributed by atoms with Gasteiger partial charge in [-0.25, -0.2) is 0 Å². The number of rotatable bonds is 6. The Kier molecular flexibility index (Phi) is 6.26. The predicted molar refractivity (Wildman–Crippen MR) is 93.7 cm³/mol. The minimum Gasteiger partial charge on any atom is -0.340 e. The highest BCUT2D eigenvalue weighted by atomic mass is 35.5. The van der Waals surface area contributed by atoms with Crippen molar-refractivity contribution in [3.8, 4) is 0 Å². The number of amides is 1. The van der Waals surface area contributed by atoms with Crippen LogP contribution in [-0.2, 0) is 11.3 Å². The first kappa shape index (κ1) is 17.3. The Morgan fingerprint density at radius 3 is 2.73 bits per heavy atom. The third-order valence-electron chi connectivity index (χ3n) is 3.36. The zero-order valence-corrected chi connectivity index (χ0v) is 14.8. The van der Waals surface area contributed by atoms with Crippen molar-refractivity contribution >= 4 is 40.4 Å². The van der Waals surface area contributed by atoms with E-state index in [9.17, 15) is 4.79 Å². The molecule has 1 heterocycles. The first-order chi connectivity index (χ1) is 10.5. The fraction of sp³-hybridized carbons (Fsp3) is 0.312. The molecule has 2 rings (SSSR count). The summed E-state index contributed by atoms with van der Waals surface area (Å²) in [5.41, 5.74) is 1.06. The SMILES string of the molecule is CC(NCC(=O)N(C)Cc1ccc(Cl)s1)c1cccc(Cl)c1. The van der Waals surface area contributed by atoms with Gasteiger partial charge in [-0.05, 0) is 36.8 Å². The van der Waals surface area contributed by atoms with Crippen LogP contribution < -0.4 is 5.32 Å². The van der Waals surface area contributed by atoms with Crippen LogP contribution in [0.1, 0.15) is 23.4 Å². The summed E-state index contributed by atoms with van der Waals surface area (Å²) >= 11 is 13.4. The van der Waals surface area contributed by atoms with Gasteiger partial charge in [-0.2, -0.15) is 0 Å². The van der Waals surface area contributed by atoms with Crippen LogP contribution in [0.3, 0.4) is 0 Å². The van der Waals surface area contributed by atoms with Crippen LogP contribution in [-0.4, -0.2) is 24.4 Å². The lowest BCUT2D eigenvalue weighted by molar-refractivity contribution is -0.129. The number of carbonyl (C=O) groups excluding carboxylic acids is 1. The van der Waals surface area contributed by atoms with Gasteiger partial charge < -0.3 is 10.2 Å². The number of thiophene rings is 1. The van der Waals surface area contributed by atoms with Crippen LogP contribution in [0.2, 0.25) is 9.36 Å². The maximum Gasteiger partial charge on any atom is 0.236 e. The monoisotopic (exact) mass is 356 g/mol. The summed E-state index contributed by atoms with van der Waals surface area (Å²) in [7, 11) is 1.79. The number of hydrogen-bond acceptors (Lipinski definition) is 3. The largest absolute Gasteiger partial charge is 0.340 e. The fourth-order valence-corrected chi connectivity index (χ4v) is 3.37. The lowest BCUT2D eigenvalue weighted by Gasteiger charge is -2.19. The molecule has 118 valence electrons. The molecular weight excluding hydrogens is 339 g/mol. The van der Waals surface area contributed by atoms with Crippen molar-refractivity contribution in [1.29, 1.82) is 0 Å². The summed E-state index contributed by atoms with van der Waals surface area (Å²) in [5.74, 6) is 0.0402. The van der Waals surface area contributed by atoms with Crippen LogP contribution >= 0.6 is 34.5 Å². The minimum absolute atomic E-state index is 0.0402. The van der Waals surface area contributed by atoms with Gasteiger partial charge in [0.15, 0.2) is 0 Å². The number of halogens is 2. The van der Waals surface area contributed by atoms with E-state index < -0.39 is 0 Å². The number of likely N-dealkylation sites (N-methyl/N-ethyl adjacent to an activating group) is 1. The van der Waals surface area contributed by atoms with Crippen molar-refractivity contribution in [2.45, 2.75) is 19.5 Å². The first-order valence-electron chi connectivity index (χ1n) is 6.92. The van der Waals surface area contributed by atoms with Gasteiger partial charge in [0, 0.05) is 23.0 Å². The summed E-state index contributed by atoms with van der Waals surface area (Å²) in [6.45, 7) is 2.87. The molecule has 1 aromatic heterocycles. The minimum atomic E-state index is 0.0402. The average Bonchev–Trinajstić information content (AvgIpc) is 2.89. The van der Waals surface area contributed by atoms with Gasteiger partial charge in [0.1, 0.15) is 0 Å². The zero-order chi connectivity index (χ0) is 16.1. The maximum atomic E-state index is 12.2. The fourth-order valence-electron chi connectivity index (χ4n) is 2.03. The van der Waals surface area contributed by atoms with Crippen LogP contribution in [0.4, 0.5) is 0 Å². The number of nitrogens with one attached hydrogen (secondary N) is 1. The molecule has 2 aromatic rings. The van der Waals surface area contributed by atoms with Crippen molar-refractivity contribution in [3.05, 3.63) is 56.2 Å². The lowest BCUT2D eigenvalue weighted by atomic mass is 10.1. The second kappa shape index (κ2) is 7.97. The Balaban J connectivity index is 1.84. The lowest BCUT2D eigenvalue weighted by Crippen LogP contribution is -2.36. The van der Waals surface area contributed by atoms with Gasteiger partial charge in [-0.1, -0.05) is 35.3 Å². The molecule has 1 aromatic carbocycles. The van der Waals surface area contributed by atoms with Crippen molar-refractivity contribution in [2.75, 3.05) is 13.6 Å². The van der Waals surface area contributed by atoms with Gasteiger partial charge in [0.2, 0.25) is 5.91 Å². The zero-order valence-electron chi connectivity index (χ0n) is 12.5. The summed E-state index contributed by atoms with van der Waals surface area (Å²) in [4.78, 5) is 14.9. The highest BCUT2D eigenvalue weighted by Crippen LogP contribution is 2.22. The molecule has 6 heteroatoms. The Morgan fingerprint density at radius 1 is 1.32 bits per heavy atom. The standard InChI is InChI=1S/C16H18Cl2N2OS/c1-11(12-4-3-5-13(17)8-12)19-9-16(21)20(2)10-14-6-7-15(18)22-14/h3-8,11,19H,9-10H2,1-2H3. The molecule has 1 amide bonds. The second-order valence-electron chi connectivity index (χ2n) is 5.11. The Bertz CT molecular complexity index is 645. The van der Waals surface area contributed by atoms with E-state index in [1.165, 1.54) is 11.3 Å². The van der Waals surface area contributed by atoms with Crippen molar-refractivity contribution in [2.24, 2.45) is 0 Å². The molecule has 0 spiro atoms. The van der Waals surface area contributed by atoms with Crippen molar-refractivity contribution in [1.82, 2.24) is 10.2 Å². The molecule has 22 heavy (non-hydrogen) atoms. The molecule has 0 saturated heterocycles. The first-order valence-corrected chi connectivity index (χ1v) is 8.50.